The van der Waals surface area contributed by atoms with Crippen LogP contribution < -0.4 is 4.74 Å². The number of ether oxygens (including phenoxy) is 1. The number of hydrogen-bond donors (Lipinski definition) is 0. The summed E-state index contributed by atoms with van der Waals surface area (Å²) in [5, 5.41) is 9.65. The van der Waals surface area contributed by atoms with Crippen LogP contribution in [0.4, 0.5) is 0 Å². The van der Waals surface area contributed by atoms with E-state index in [1.165, 1.54) is 22.9 Å². The van der Waals surface area contributed by atoms with E-state index in [1.54, 1.807) is 12.1 Å². The summed E-state index contributed by atoms with van der Waals surface area (Å²) in [6.07, 6.45) is 0. The van der Waals surface area contributed by atoms with E-state index < -0.39 is 0 Å². The first kappa shape index (κ1) is 19.6. The highest BCUT2D eigenvalue weighted by molar-refractivity contribution is 7.98. The highest BCUT2D eigenvalue weighted by atomic mass is 35.5. The molecule has 0 unspecified atom stereocenters. The standard InChI is InChI=1S/C23H19ClN2O2S/c1-16-5-4-6-17(13-16)15-29-23-26-25-22(28-23)21-8-3-2-7-18(21)14-27-20-11-9-19(24)10-12-20/h2-13H,14-15H2,1H3. The molecule has 3 aromatic carbocycles. The van der Waals surface area contributed by atoms with Crippen LogP contribution in [0.15, 0.2) is 82.4 Å². The lowest BCUT2D eigenvalue weighted by atomic mass is 10.1. The van der Waals surface area contributed by atoms with Gasteiger partial charge in [0.25, 0.3) is 5.22 Å². The minimum Gasteiger partial charge on any atom is -0.489 e. The van der Waals surface area contributed by atoms with Crippen LogP contribution in [-0.2, 0) is 12.4 Å². The molecule has 29 heavy (non-hydrogen) atoms. The van der Waals surface area contributed by atoms with Crippen LogP contribution in [0, 0.1) is 6.92 Å². The fourth-order valence-electron chi connectivity index (χ4n) is 2.87. The van der Waals surface area contributed by atoms with E-state index in [1.807, 2.05) is 36.4 Å². The van der Waals surface area contributed by atoms with Crippen LogP contribution in [0.1, 0.15) is 16.7 Å². The summed E-state index contributed by atoms with van der Waals surface area (Å²) >= 11 is 7.45. The van der Waals surface area contributed by atoms with E-state index >= 15 is 0 Å². The molecule has 4 rings (SSSR count). The second-order valence-corrected chi connectivity index (χ2v) is 7.91. The number of rotatable bonds is 7. The zero-order chi connectivity index (χ0) is 20.1. The Balaban J connectivity index is 1.45. The van der Waals surface area contributed by atoms with Crippen molar-refractivity contribution in [2.24, 2.45) is 0 Å². The molecule has 0 spiro atoms. The smallest absolute Gasteiger partial charge is 0.277 e. The molecular formula is C23H19ClN2O2S. The summed E-state index contributed by atoms with van der Waals surface area (Å²) in [6, 6.07) is 23.6. The number of aromatic nitrogens is 2. The molecule has 0 atom stereocenters. The molecule has 0 aliphatic rings. The molecule has 1 heterocycles. The second kappa shape index (κ2) is 9.16. The van der Waals surface area contributed by atoms with Gasteiger partial charge in [-0.3, -0.25) is 0 Å². The Kier molecular flexibility index (Phi) is 6.17. The summed E-state index contributed by atoms with van der Waals surface area (Å²) in [7, 11) is 0. The van der Waals surface area contributed by atoms with E-state index in [9.17, 15) is 0 Å². The quantitative estimate of drug-likeness (QED) is 0.315. The average molecular weight is 423 g/mol. The highest BCUT2D eigenvalue weighted by Crippen LogP contribution is 2.28. The van der Waals surface area contributed by atoms with E-state index in [0.717, 1.165) is 22.6 Å². The molecule has 0 amide bonds. The van der Waals surface area contributed by atoms with Gasteiger partial charge in [0.2, 0.25) is 5.89 Å². The molecule has 146 valence electrons. The zero-order valence-electron chi connectivity index (χ0n) is 15.8. The first-order valence-corrected chi connectivity index (χ1v) is 10.5. The van der Waals surface area contributed by atoms with E-state index in [2.05, 4.69) is 41.4 Å². The molecule has 4 aromatic rings. The van der Waals surface area contributed by atoms with Gasteiger partial charge in [-0.15, -0.1) is 10.2 Å². The van der Waals surface area contributed by atoms with Crippen molar-refractivity contribution >= 4 is 23.4 Å². The maximum atomic E-state index is 5.92. The number of hydrogen-bond acceptors (Lipinski definition) is 5. The number of aryl methyl sites for hydroxylation is 1. The molecule has 0 saturated carbocycles. The largest absolute Gasteiger partial charge is 0.489 e. The molecule has 4 nitrogen and oxygen atoms in total. The Labute approximate surface area is 178 Å². The Morgan fingerprint density at radius 2 is 1.79 bits per heavy atom. The van der Waals surface area contributed by atoms with Crippen LogP contribution in [0.25, 0.3) is 11.5 Å². The van der Waals surface area contributed by atoms with Crippen LogP contribution in [0.5, 0.6) is 5.75 Å². The van der Waals surface area contributed by atoms with Crippen molar-refractivity contribution in [1.82, 2.24) is 10.2 Å². The maximum absolute atomic E-state index is 5.92. The van der Waals surface area contributed by atoms with Crippen molar-refractivity contribution in [3.8, 4) is 17.2 Å². The van der Waals surface area contributed by atoms with Crippen molar-refractivity contribution in [1.29, 1.82) is 0 Å². The topological polar surface area (TPSA) is 48.2 Å². The summed E-state index contributed by atoms with van der Waals surface area (Å²) in [4.78, 5) is 0. The average Bonchev–Trinajstić information content (AvgIpc) is 3.21. The van der Waals surface area contributed by atoms with Crippen LogP contribution in [-0.4, -0.2) is 10.2 Å². The van der Waals surface area contributed by atoms with Gasteiger partial charge in [0.15, 0.2) is 0 Å². The molecule has 0 bridgehead atoms. The summed E-state index contributed by atoms with van der Waals surface area (Å²) in [5.41, 5.74) is 4.31. The van der Waals surface area contributed by atoms with Crippen molar-refractivity contribution in [3.05, 3.63) is 94.5 Å². The molecule has 0 N–H and O–H groups in total. The van der Waals surface area contributed by atoms with Crippen LogP contribution >= 0.6 is 23.4 Å². The van der Waals surface area contributed by atoms with Crippen molar-refractivity contribution in [3.63, 3.8) is 0 Å². The van der Waals surface area contributed by atoms with E-state index in [-0.39, 0.29) is 0 Å². The SMILES string of the molecule is Cc1cccc(CSc2nnc(-c3ccccc3COc3ccc(Cl)cc3)o2)c1. The lowest BCUT2D eigenvalue weighted by molar-refractivity contribution is 0.306. The number of halogens is 1. The molecular weight excluding hydrogens is 404 g/mol. The summed E-state index contributed by atoms with van der Waals surface area (Å²) in [6.45, 7) is 2.48. The van der Waals surface area contributed by atoms with Crippen molar-refractivity contribution < 1.29 is 9.15 Å². The molecule has 0 aliphatic carbocycles. The Morgan fingerprint density at radius 3 is 2.62 bits per heavy atom. The van der Waals surface area contributed by atoms with E-state index in [0.29, 0.717) is 22.7 Å². The minimum absolute atomic E-state index is 0.395. The lowest BCUT2D eigenvalue weighted by Crippen LogP contribution is -1.98. The van der Waals surface area contributed by atoms with Gasteiger partial charge in [0, 0.05) is 21.9 Å². The third-order valence-electron chi connectivity index (χ3n) is 4.31. The van der Waals surface area contributed by atoms with Gasteiger partial charge in [-0.1, -0.05) is 71.4 Å². The van der Waals surface area contributed by atoms with Gasteiger partial charge in [0.1, 0.15) is 12.4 Å². The van der Waals surface area contributed by atoms with E-state index in [4.69, 9.17) is 20.8 Å². The number of benzene rings is 3. The highest BCUT2D eigenvalue weighted by Gasteiger charge is 2.13. The maximum Gasteiger partial charge on any atom is 0.277 e. The first-order valence-electron chi connectivity index (χ1n) is 9.16. The third-order valence-corrected chi connectivity index (χ3v) is 5.45. The van der Waals surface area contributed by atoms with Gasteiger partial charge in [-0.05, 0) is 42.8 Å². The van der Waals surface area contributed by atoms with Crippen molar-refractivity contribution in [2.45, 2.75) is 24.5 Å². The second-order valence-electron chi connectivity index (χ2n) is 6.55. The summed E-state index contributed by atoms with van der Waals surface area (Å²) in [5.74, 6) is 2.03. The normalized spacial score (nSPS) is 10.8. The van der Waals surface area contributed by atoms with Gasteiger partial charge < -0.3 is 9.15 Å². The van der Waals surface area contributed by atoms with Crippen LogP contribution in [0.2, 0.25) is 5.02 Å². The minimum atomic E-state index is 0.395. The Morgan fingerprint density at radius 1 is 0.966 bits per heavy atom. The number of thioether (sulfide) groups is 1. The molecule has 0 saturated heterocycles. The predicted octanol–water partition coefficient (Wildman–Crippen LogP) is 6.57. The first-order chi connectivity index (χ1) is 14.2. The molecule has 6 heteroatoms. The van der Waals surface area contributed by atoms with Gasteiger partial charge in [-0.25, -0.2) is 0 Å². The van der Waals surface area contributed by atoms with Gasteiger partial charge in [0.05, 0.1) is 0 Å². The monoisotopic (exact) mass is 422 g/mol. The predicted molar refractivity (Wildman–Crippen MR) is 116 cm³/mol. The lowest BCUT2D eigenvalue weighted by Gasteiger charge is -2.09. The molecule has 0 aliphatic heterocycles. The number of nitrogens with zero attached hydrogens (tertiary/aromatic N) is 2. The van der Waals surface area contributed by atoms with Gasteiger partial charge in [-0.2, -0.15) is 0 Å². The fraction of sp³-hybridized carbons (Fsp3) is 0.130. The third kappa shape index (κ3) is 5.19. The Hall–Kier alpha value is -2.76. The molecule has 0 radical (unpaired) electrons. The van der Waals surface area contributed by atoms with Crippen LogP contribution in [0.3, 0.4) is 0 Å². The van der Waals surface area contributed by atoms with Crippen molar-refractivity contribution in [2.75, 3.05) is 0 Å². The molecule has 1 aromatic heterocycles. The zero-order valence-corrected chi connectivity index (χ0v) is 17.4. The molecule has 0 fully saturated rings. The van der Waals surface area contributed by atoms with Gasteiger partial charge >= 0.3 is 0 Å². The Bertz CT molecular complexity index is 1100. The summed E-state index contributed by atoms with van der Waals surface area (Å²) < 4.78 is 11.8. The fourth-order valence-corrected chi connectivity index (χ4v) is 3.70.